The van der Waals surface area contributed by atoms with Crippen LogP contribution in [0, 0.1) is 6.92 Å². The molecule has 1 saturated heterocycles. The van der Waals surface area contributed by atoms with Crippen molar-refractivity contribution in [1.82, 2.24) is 4.98 Å². The van der Waals surface area contributed by atoms with Crippen LogP contribution in [0.15, 0.2) is 12.3 Å². The molecule has 5 nitrogen and oxygen atoms in total. The molecule has 0 aliphatic carbocycles. The molecule has 0 unspecified atom stereocenters. The van der Waals surface area contributed by atoms with Gasteiger partial charge in [0.05, 0.1) is 5.69 Å². The van der Waals surface area contributed by atoms with Crippen LogP contribution >= 0.6 is 0 Å². The first-order valence-electron chi connectivity index (χ1n) is 5.78. The number of aryl methyl sites for hydroxylation is 1. The molecule has 5 heteroatoms. The number of carboxylic acid groups (broad SMARTS) is 1. The Labute approximate surface area is 100 Å². The number of pyridine rings is 1. The first kappa shape index (κ1) is 11.9. The summed E-state index contributed by atoms with van der Waals surface area (Å²) in [6.45, 7) is 3.49. The van der Waals surface area contributed by atoms with Crippen molar-refractivity contribution in [2.45, 2.75) is 25.8 Å². The zero-order chi connectivity index (χ0) is 12.4. The molecule has 1 aliphatic heterocycles. The molecule has 2 rings (SSSR count). The van der Waals surface area contributed by atoms with E-state index < -0.39 is 5.97 Å². The number of carboxylic acids is 1. The van der Waals surface area contributed by atoms with Gasteiger partial charge in [0.15, 0.2) is 0 Å². The number of aromatic carboxylic acids is 1. The van der Waals surface area contributed by atoms with Crippen molar-refractivity contribution in [3.05, 3.63) is 23.5 Å². The molecule has 17 heavy (non-hydrogen) atoms. The SMILES string of the molecule is Cc1cc(N2CCC(N)CC2)c(C(=O)O)cn1. The van der Waals surface area contributed by atoms with E-state index in [1.54, 1.807) is 0 Å². The number of nitrogens with zero attached hydrogens (tertiary/aromatic N) is 2. The van der Waals surface area contributed by atoms with Crippen LogP contribution in [0.4, 0.5) is 5.69 Å². The number of hydrogen-bond acceptors (Lipinski definition) is 4. The highest BCUT2D eigenvalue weighted by Gasteiger charge is 2.21. The van der Waals surface area contributed by atoms with E-state index >= 15 is 0 Å². The van der Waals surface area contributed by atoms with E-state index in [-0.39, 0.29) is 11.6 Å². The second kappa shape index (κ2) is 4.71. The van der Waals surface area contributed by atoms with Gasteiger partial charge in [0.2, 0.25) is 0 Å². The summed E-state index contributed by atoms with van der Waals surface area (Å²) in [5.41, 5.74) is 7.71. The topological polar surface area (TPSA) is 79.5 Å². The number of nitrogens with two attached hydrogens (primary N) is 1. The van der Waals surface area contributed by atoms with Gasteiger partial charge in [-0.3, -0.25) is 4.98 Å². The number of anilines is 1. The third kappa shape index (κ3) is 2.55. The summed E-state index contributed by atoms with van der Waals surface area (Å²) in [7, 11) is 0. The van der Waals surface area contributed by atoms with Crippen molar-refractivity contribution in [2.24, 2.45) is 5.73 Å². The van der Waals surface area contributed by atoms with Crippen LogP contribution in [0.1, 0.15) is 28.9 Å². The molecular formula is C12H17N3O2. The molecule has 1 aliphatic rings. The minimum Gasteiger partial charge on any atom is -0.478 e. The molecule has 1 aromatic heterocycles. The zero-order valence-corrected chi connectivity index (χ0v) is 9.89. The first-order chi connectivity index (χ1) is 8.08. The van der Waals surface area contributed by atoms with Crippen LogP contribution in [0.25, 0.3) is 0 Å². The molecule has 1 aromatic rings. The molecule has 0 atom stereocenters. The molecule has 0 saturated carbocycles. The molecule has 92 valence electrons. The van der Waals surface area contributed by atoms with Gasteiger partial charge in [-0.2, -0.15) is 0 Å². The minimum atomic E-state index is -0.928. The van der Waals surface area contributed by atoms with E-state index in [1.807, 2.05) is 13.0 Å². The number of aromatic nitrogens is 1. The molecule has 2 heterocycles. The van der Waals surface area contributed by atoms with Crippen LogP contribution in [-0.4, -0.2) is 35.2 Å². The highest BCUT2D eigenvalue weighted by molar-refractivity contribution is 5.94. The second-order valence-electron chi connectivity index (χ2n) is 4.47. The Hall–Kier alpha value is -1.62. The highest BCUT2D eigenvalue weighted by Crippen LogP contribution is 2.24. The maximum Gasteiger partial charge on any atom is 0.339 e. The average Bonchev–Trinajstić information content (AvgIpc) is 2.29. The van der Waals surface area contributed by atoms with Crippen molar-refractivity contribution in [1.29, 1.82) is 0 Å². The fourth-order valence-corrected chi connectivity index (χ4v) is 2.11. The monoisotopic (exact) mass is 235 g/mol. The van der Waals surface area contributed by atoms with Crippen LogP contribution in [0.5, 0.6) is 0 Å². The fourth-order valence-electron chi connectivity index (χ4n) is 2.11. The highest BCUT2D eigenvalue weighted by atomic mass is 16.4. The summed E-state index contributed by atoms with van der Waals surface area (Å²) in [5.74, 6) is -0.928. The Balaban J connectivity index is 2.30. The van der Waals surface area contributed by atoms with E-state index in [1.165, 1.54) is 6.20 Å². The van der Waals surface area contributed by atoms with Gasteiger partial charge in [0, 0.05) is 31.0 Å². The van der Waals surface area contributed by atoms with Gasteiger partial charge in [0.25, 0.3) is 0 Å². The Morgan fingerprint density at radius 2 is 2.18 bits per heavy atom. The van der Waals surface area contributed by atoms with Crippen molar-refractivity contribution in [3.63, 3.8) is 0 Å². The third-order valence-electron chi connectivity index (χ3n) is 3.13. The summed E-state index contributed by atoms with van der Waals surface area (Å²) in [6, 6.07) is 2.07. The number of carbonyl (C=O) groups is 1. The normalized spacial score (nSPS) is 17.2. The average molecular weight is 235 g/mol. The van der Waals surface area contributed by atoms with E-state index in [2.05, 4.69) is 9.88 Å². The molecular weight excluding hydrogens is 218 g/mol. The van der Waals surface area contributed by atoms with E-state index in [0.717, 1.165) is 37.3 Å². The van der Waals surface area contributed by atoms with E-state index in [9.17, 15) is 4.79 Å². The smallest absolute Gasteiger partial charge is 0.339 e. The van der Waals surface area contributed by atoms with Crippen LogP contribution in [-0.2, 0) is 0 Å². The van der Waals surface area contributed by atoms with Gasteiger partial charge in [-0.25, -0.2) is 4.79 Å². The maximum absolute atomic E-state index is 11.1. The van der Waals surface area contributed by atoms with Gasteiger partial charge in [-0.15, -0.1) is 0 Å². The molecule has 0 radical (unpaired) electrons. The summed E-state index contributed by atoms with van der Waals surface area (Å²) >= 11 is 0. The largest absolute Gasteiger partial charge is 0.478 e. The predicted octanol–water partition coefficient (Wildman–Crippen LogP) is 1.02. The Morgan fingerprint density at radius 1 is 1.53 bits per heavy atom. The molecule has 3 N–H and O–H groups in total. The molecule has 0 amide bonds. The quantitative estimate of drug-likeness (QED) is 0.800. The molecule has 1 fully saturated rings. The van der Waals surface area contributed by atoms with Crippen molar-refractivity contribution in [3.8, 4) is 0 Å². The van der Waals surface area contributed by atoms with Crippen molar-refractivity contribution < 1.29 is 9.90 Å². The summed E-state index contributed by atoms with van der Waals surface area (Å²) in [5, 5.41) is 9.15. The zero-order valence-electron chi connectivity index (χ0n) is 9.89. The first-order valence-corrected chi connectivity index (χ1v) is 5.78. The van der Waals surface area contributed by atoms with Crippen LogP contribution in [0.2, 0.25) is 0 Å². The Kier molecular flexibility index (Phi) is 3.28. The third-order valence-corrected chi connectivity index (χ3v) is 3.13. The Bertz CT molecular complexity index is 426. The van der Waals surface area contributed by atoms with Crippen LogP contribution in [0.3, 0.4) is 0 Å². The lowest BCUT2D eigenvalue weighted by Crippen LogP contribution is -2.40. The van der Waals surface area contributed by atoms with Gasteiger partial charge < -0.3 is 15.7 Å². The molecule has 0 spiro atoms. The van der Waals surface area contributed by atoms with Gasteiger partial charge in [0.1, 0.15) is 5.56 Å². The summed E-state index contributed by atoms with van der Waals surface area (Å²) in [6.07, 6.45) is 3.24. The van der Waals surface area contributed by atoms with Crippen LogP contribution < -0.4 is 10.6 Å². The fraction of sp³-hybridized carbons (Fsp3) is 0.500. The van der Waals surface area contributed by atoms with E-state index in [0.29, 0.717) is 0 Å². The lowest BCUT2D eigenvalue weighted by atomic mass is 10.0. The molecule has 0 bridgehead atoms. The lowest BCUT2D eigenvalue weighted by Gasteiger charge is -2.32. The van der Waals surface area contributed by atoms with Gasteiger partial charge in [-0.1, -0.05) is 0 Å². The van der Waals surface area contributed by atoms with Crippen molar-refractivity contribution >= 4 is 11.7 Å². The second-order valence-corrected chi connectivity index (χ2v) is 4.47. The number of hydrogen-bond donors (Lipinski definition) is 2. The minimum absolute atomic E-state index is 0.238. The van der Waals surface area contributed by atoms with Gasteiger partial charge in [-0.05, 0) is 25.8 Å². The summed E-state index contributed by atoms with van der Waals surface area (Å²) < 4.78 is 0. The lowest BCUT2D eigenvalue weighted by molar-refractivity contribution is 0.0697. The summed E-state index contributed by atoms with van der Waals surface area (Å²) in [4.78, 5) is 17.3. The Morgan fingerprint density at radius 3 is 2.76 bits per heavy atom. The standard InChI is InChI=1S/C12H17N3O2/c1-8-6-11(10(7-14-8)12(16)17)15-4-2-9(13)3-5-15/h6-7,9H,2-5,13H2,1H3,(H,16,17). The van der Waals surface area contributed by atoms with E-state index in [4.69, 9.17) is 10.8 Å². The van der Waals surface area contributed by atoms with Crippen molar-refractivity contribution in [2.75, 3.05) is 18.0 Å². The predicted molar refractivity (Wildman–Crippen MR) is 65.4 cm³/mol. The maximum atomic E-state index is 11.1. The van der Waals surface area contributed by atoms with Gasteiger partial charge >= 0.3 is 5.97 Å². The number of rotatable bonds is 2. The molecule has 0 aromatic carbocycles. The number of piperidine rings is 1.